The number of fused-ring (bicyclic) bond motifs is 2. The molecule has 2 bridgehead atoms. The largest absolute Gasteiger partial charge is 0.512 e. The molecule has 0 aromatic rings. The van der Waals surface area contributed by atoms with Crippen molar-refractivity contribution in [2.75, 3.05) is 0 Å². The number of halogens is 6. The standard InChI is InChI=1S/C11H12F6O/c12-10(13,14)9(11(15,16)17)4-6-2-7-1-5(6)3-8(7)18/h3,5-7,9,18H,1-2,4H2. The monoisotopic (exact) mass is 274 g/mol. The molecule has 0 aromatic carbocycles. The first-order chi connectivity index (χ1) is 8.09. The lowest BCUT2D eigenvalue weighted by Gasteiger charge is -2.28. The fourth-order valence-corrected chi connectivity index (χ4v) is 2.99. The van der Waals surface area contributed by atoms with E-state index in [1.165, 1.54) is 6.08 Å². The molecule has 1 nitrogen and oxygen atoms in total. The van der Waals surface area contributed by atoms with Gasteiger partial charge < -0.3 is 5.11 Å². The molecule has 18 heavy (non-hydrogen) atoms. The summed E-state index contributed by atoms with van der Waals surface area (Å²) in [5.41, 5.74) is 0. The fraction of sp³-hybridized carbons (Fsp3) is 0.818. The summed E-state index contributed by atoms with van der Waals surface area (Å²) < 4.78 is 74.4. The third-order valence-electron chi connectivity index (χ3n) is 3.88. The zero-order valence-corrected chi connectivity index (χ0v) is 9.22. The topological polar surface area (TPSA) is 20.2 Å². The van der Waals surface area contributed by atoms with Crippen LogP contribution in [0.15, 0.2) is 11.8 Å². The average Bonchev–Trinajstić information content (AvgIpc) is 2.68. The minimum Gasteiger partial charge on any atom is -0.512 e. The van der Waals surface area contributed by atoms with Crippen LogP contribution in [0.3, 0.4) is 0 Å². The van der Waals surface area contributed by atoms with Gasteiger partial charge in [-0.05, 0) is 37.2 Å². The summed E-state index contributed by atoms with van der Waals surface area (Å²) in [7, 11) is 0. The van der Waals surface area contributed by atoms with Crippen LogP contribution in [-0.4, -0.2) is 17.5 Å². The van der Waals surface area contributed by atoms with Gasteiger partial charge in [0.15, 0.2) is 5.92 Å². The zero-order chi connectivity index (χ0) is 13.7. The van der Waals surface area contributed by atoms with Crippen molar-refractivity contribution in [1.82, 2.24) is 0 Å². The van der Waals surface area contributed by atoms with Crippen LogP contribution in [0.1, 0.15) is 19.3 Å². The molecule has 0 radical (unpaired) electrons. The molecule has 0 aliphatic heterocycles. The molecule has 7 heteroatoms. The molecule has 2 aliphatic carbocycles. The summed E-state index contributed by atoms with van der Waals surface area (Å²) in [5, 5.41) is 9.31. The number of hydrogen-bond acceptors (Lipinski definition) is 1. The summed E-state index contributed by atoms with van der Waals surface area (Å²) in [6.07, 6.45) is -9.35. The second-order valence-corrected chi connectivity index (χ2v) is 5.06. The Morgan fingerprint density at radius 3 is 2.00 bits per heavy atom. The maximum atomic E-state index is 12.4. The van der Waals surface area contributed by atoms with Gasteiger partial charge in [0, 0.05) is 5.92 Å². The quantitative estimate of drug-likeness (QED) is 0.748. The molecule has 0 heterocycles. The van der Waals surface area contributed by atoms with Gasteiger partial charge in [-0.25, -0.2) is 0 Å². The molecule has 1 N–H and O–H groups in total. The summed E-state index contributed by atoms with van der Waals surface area (Å²) >= 11 is 0. The Morgan fingerprint density at radius 1 is 1.11 bits per heavy atom. The van der Waals surface area contributed by atoms with E-state index in [0.29, 0.717) is 6.42 Å². The van der Waals surface area contributed by atoms with Crippen LogP contribution in [0.25, 0.3) is 0 Å². The Labute approximate surface area is 99.5 Å². The SMILES string of the molecule is OC1=CC2CC1CC2CC(C(F)(F)F)C(F)(F)F. The molecule has 2 aliphatic rings. The Kier molecular flexibility index (Phi) is 3.06. The second kappa shape index (κ2) is 4.06. The minimum absolute atomic E-state index is 0.117. The van der Waals surface area contributed by atoms with Crippen molar-refractivity contribution in [2.45, 2.75) is 31.6 Å². The molecule has 1 saturated carbocycles. The molecule has 0 saturated heterocycles. The Morgan fingerprint density at radius 2 is 1.67 bits per heavy atom. The first-order valence-corrected chi connectivity index (χ1v) is 5.63. The molecule has 0 spiro atoms. The van der Waals surface area contributed by atoms with Crippen LogP contribution >= 0.6 is 0 Å². The highest BCUT2D eigenvalue weighted by atomic mass is 19.4. The molecule has 104 valence electrons. The van der Waals surface area contributed by atoms with Gasteiger partial charge in [-0.1, -0.05) is 0 Å². The predicted molar refractivity (Wildman–Crippen MR) is 50.6 cm³/mol. The summed E-state index contributed by atoms with van der Waals surface area (Å²) in [4.78, 5) is 0. The van der Waals surface area contributed by atoms with Gasteiger partial charge in [0.2, 0.25) is 0 Å². The predicted octanol–water partition coefficient (Wildman–Crippen LogP) is 4.22. The lowest BCUT2D eigenvalue weighted by molar-refractivity contribution is -0.288. The van der Waals surface area contributed by atoms with Gasteiger partial charge in [0.05, 0.1) is 5.76 Å². The van der Waals surface area contributed by atoms with E-state index < -0.39 is 30.6 Å². The van der Waals surface area contributed by atoms with Gasteiger partial charge in [-0.3, -0.25) is 0 Å². The van der Waals surface area contributed by atoms with Crippen molar-refractivity contribution in [3.63, 3.8) is 0 Å². The molecule has 2 rings (SSSR count). The van der Waals surface area contributed by atoms with Gasteiger partial charge >= 0.3 is 12.4 Å². The number of rotatable bonds is 2. The smallest absolute Gasteiger partial charge is 0.400 e. The number of hydrogen-bond donors (Lipinski definition) is 1. The Hall–Kier alpha value is -0.880. The number of aliphatic hydroxyl groups excluding tert-OH is 1. The minimum atomic E-state index is -5.26. The highest BCUT2D eigenvalue weighted by Crippen LogP contribution is 2.52. The van der Waals surface area contributed by atoms with Gasteiger partial charge in [-0.15, -0.1) is 0 Å². The van der Waals surface area contributed by atoms with Crippen molar-refractivity contribution in [2.24, 2.45) is 23.7 Å². The maximum absolute atomic E-state index is 12.4. The number of alkyl halides is 6. The van der Waals surface area contributed by atoms with Crippen LogP contribution in [-0.2, 0) is 0 Å². The molecule has 0 aromatic heterocycles. The highest BCUT2D eigenvalue weighted by molar-refractivity contribution is 5.15. The number of allylic oxidation sites excluding steroid dienone is 2. The molecule has 3 atom stereocenters. The first-order valence-electron chi connectivity index (χ1n) is 5.63. The summed E-state index contributed by atoms with van der Waals surface area (Å²) in [6.45, 7) is 0. The van der Waals surface area contributed by atoms with Crippen LogP contribution < -0.4 is 0 Å². The molecular formula is C11H12F6O. The van der Waals surface area contributed by atoms with Gasteiger partial charge in [0.25, 0.3) is 0 Å². The van der Waals surface area contributed by atoms with Gasteiger partial charge in [-0.2, -0.15) is 26.3 Å². The van der Waals surface area contributed by atoms with Crippen molar-refractivity contribution in [3.8, 4) is 0 Å². The van der Waals surface area contributed by atoms with E-state index in [2.05, 4.69) is 0 Å². The average molecular weight is 274 g/mol. The normalized spacial score (nSPS) is 32.2. The van der Waals surface area contributed by atoms with Crippen molar-refractivity contribution in [3.05, 3.63) is 11.8 Å². The van der Waals surface area contributed by atoms with Crippen molar-refractivity contribution < 1.29 is 31.4 Å². The van der Waals surface area contributed by atoms with Crippen molar-refractivity contribution in [1.29, 1.82) is 0 Å². The van der Waals surface area contributed by atoms with Crippen LogP contribution in [0, 0.1) is 23.7 Å². The third kappa shape index (κ3) is 2.44. The molecule has 1 fully saturated rings. The van der Waals surface area contributed by atoms with E-state index in [1.54, 1.807) is 0 Å². The van der Waals surface area contributed by atoms with E-state index in [9.17, 15) is 31.4 Å². The van der Waals surface area contributed by atoms with Gasteiger partial charge in [0.1, 0.15) is 0 Å². The summed E-state index contributed by atoms with van der Waals surface area (Å²) in [5.74, 6) is -4.37. The molecule has 0 amide bonds. The maximum Gasteiger partial charge on any atom is 0.400 e. The summed E-state index contributed by atoms with van der Waals surface area (Å²) in [6, 6.07) is 0. The zero-order valence-electron chi connectivity index (χ0n) is 9.22. The van der Waals surface area contributed by atoms with E-state index in [4.69, 9.17) is 0 Å². The third-order valence-corrected chi connectivity index (χ3v) is 3.88. The Bertz CT molecular complexity index is 342. The number of aliphatic hydroxyl groups is 1. The van der Waals surface area contributed by atoms with Crippen LogP contribution in [0.4, 0.5) is 26.3 Å². The first kappa shape index (κ1) is 13.5. The second-order valence-electron chi connectivity index (χ2n) is 5.06. The van der Waals surface area contributed by atoms with Crippen LogP contribution in [0.2, 0.25) is 0 Å². The fourth-order valence-electron chi connectivity index (χ4n) is 2.99. The van der Waals surface area contributed by atoms with E-state index >= 15 is 0 Å². The van der Waals surface area contributed by atoms with Crippen molar-refractivity contribution >= 4 is 0 Å². The molecular weight excluding hydrogens is 262 g/mol. The highest BCUT2D eigenvalue weighted by Gasteiger charge is 2.58. The van der Waals surface area contributed by atoms with E-state index in [0.717, 1.165) is 0 Å². The lowest BCUT2D eigenvalue weighted by Crippen LogP contribution is -2.38. The molecule has 3 unspecified atom stereocenters. The van der Waals surface area contributed by atoms with Crippen LogP contribution in [0.5, 0.6) is 0 Å². The lowest BCUT2D eigenvalue weighted by atomic mass is 9.84. The van der Waals surface area contributed by atoms with E-state index in [-0.39, 0.29) is 24.0 Å². The van der Waals surface area contributed by atoms with E-state index in [1.807, 2.05) is 0 Å². The Balaban J connectivity index is 2.08.